The lowest BCUT2D eigenvalue weighted by atomic mass is 10.4. The summed E-state index contributed by atoms with van der Waals surface area (Å²) in [6, 6.07) is 0. The van der Waals surface area contributed by atoms with Gasteiger partial charge in [0, 0.05) is 30.4 Å². The molecule has 130 valence electrons. The number of carbonyl (C=O) groups is 1. The molecule has 1 amide bonds. The molecule has 1 aromatic heterocycles. The molecule has 8 heteroatoms. The number of halogens is 1. The summed E-state index contributed by atoms with van der Waals surface area (Å²) >= 11 is 1.69. The number of carbonyl (C=O) groups excluding carboxylic acids is 1. The van der Waals surface area contributed by atoms with Gasteiger partial charge in [-0.05, 0) is 33.6 Å². The summed E-state index contributed by atoms with van der Waals surface area (Å²) in [5, 5.41) is 10.5. The van der Waals surface area contributed by atoms with E-state index in [0.717, 1.165) is 36.0 Å². The van der Waals surface area contributed by atoms with Gasteiger partial charge >= 0.3 is 0 Å². The Morgan fingerprint density at radius 3 is 2.52 bits per heavy atom. The van der Waals surface area contributed by atoms with Crippen molar-refractivity contribution in [3.8, 4) is 0 Å². The predicted molar refractivity (Wildman–Crippen MR) is 106 cm³/mol. The Kier molecular flexibility index (Phi) is 8.82. The summed E-state index contributed by atoms with van der Waals surface area (Å²) in [5.74, 6) is 1.22. The molecule has 0 saturated heterocycles. The van der Waals surface area contributed by atoms with Gasteiger partial charge in [-0.15, -0.1) is 35.3 Å². The topological polar surface area (TPSA) is 78.4 Å². The van der Waals surface area contributed by atoms with E-state index in [1.807, 2.05) is 20.8 Å². The summed E-state index contributed by atoms with van der Waals surface area (Å²) in [6.07, 6.45) is 2.08. The van der Waals surface area contributed by atoms with Gasteiger partial charge in [0.1, 0.15) is 0 Å². The normalized spacial score (nSPS) is 14.1. The number of hydrogen-bond acceptors (Lipinski definition) is 4. The minimum absolute atomic E-state index is 0. The molecule has 23 heavy (non-hydrogen) atoms. The molecule has 0 bridgehead atoms. The van der Waals surface area contributed by atoms with Gasteiger partial charge in [0.25, 0.3) is 0 Å². The van der Waals surface area contributed by atoms with E-state index in [4.69, 9.17) is 0 Å². The van der Waals surface area contributed by atoms with Gasteiger partial charge in [0.15, 0.2) is 5.96 Å². The van der Waals surface area contributed by atoms with Crippen molar-refractivity contribution in [3.05, 3.63) is 15.6 Å². The molecule has 0 atom stereocenters. The molecule has 0 unspecified atom stereocenters. The number of nitrogens with zero attached hydrogens (tertiary/aromatic N) is 2. The average molecular weight is 451 g/mol. The first-order valence-corrected chi connectivity index (χ1v) is 8.64. The van der Waals surface area contributed by atoms with Crippen molar-refractivity contribution >= 4 is 47.2 Å². The highest BCUT2D eigenvalue weighted by molar-refractivity contribution is 14.0. The first kappa shape index (κ1) is 20.1. The standard InChI is InChI=1S/C15H25N5OS.HI/c1-4-16-15(18-8-7-17-14(21)12-5-6-12)19-9-13-10(2)20-11(3)22-13;/h12H,4-9H2,1-3H3,(H,17,21)(H2,16,18,19);1H. The quantitative estimate of drug-likeness (QED) is 0.256. The van der Waals surface area contributed by atoms with Crippen LogP contribution in [0.2, 0.25) is 0 Å². The lowest BCUT2D eigenvalue weighted by molar-refractivity contribution is -0.122. The van der Waals surface area contributed by atoms with E-state index < -0.39 is 0 Å². The maximum atomic E-state index is 11.5. The van der Waals surface area contributed by atoms with Crippen molar-refractivity contribution in [2.75, 3.05) is 19.6 Å². The monoisotopic (exact) mass is 451 g/mol. The van der Waals surface area contributed by atoms with Gasteiger partial charge in [-0.3, -0.25) is 4.79 Å². The first-order chi connectivity index (χ1) is 10.6. The van der Waals surface area contributed by atoms with Crippen LogP contribution in [0.5, 0.6) is 0 Å². The van der Waals surface area contributed by atoms with Crippen LogP contribution in [0.15, 0.2) is 4.99 Å². The van der Waals surface area contributed by atoms with E-state index in [0.29, 0.717) is 19.6 Å². The molecule has 1 aromatic rings. The molecular weight excluding hydrogens is 425 g/mol. The third-order valence-corrected chi connectivity index (χ3v) is 4.45. The highest BCUT2D eigenvalue weighted by Gasteiger charge is 2.28. The van der Waals surface area contributed by atoms with Crippen LogP contribution in [-0.2, 0) is 11.3 Å². The Bertz CT molecular complexity index is 542. The van der Waals surface area contributed by atoms with Gasteiger partial charge in [-0.25, -0.2) is 9.98 Å². The number of hydrogen-bond donors (Lipinski definition) is 3. The van der Waals surface area contributed by atoms with Crippen LogP contribution >= 0.6 is 35.3 Å². The Labute approximate surface area is 159 Å². The number of aromatic nitrogens is 1. The maximum absolute atomic E-state index is 11.5. The van der Waals surface area contributed by atoms with Crippen molar-refractivity contribution in [2.45, 2.75) is 40.2 Å². The van der Waals surface area contributed by atoms with E-state index in [1.54, 1.807) is 11.3 Å². The molecule has 0 radical (unpaired) electrons. The highest BCUT2D eigenvalue weighted by Crippen LogP contribution is 2.28. The molecule has 1 heterocycles. The van der Waals surface area contributed by atoms with Crippen LogP contribution in [0.4, 0.5) is 0 Å². The fraction of sp³-hybridized carbons (Fsp3) is 0.667. The third kappa shape index (κ3) is 7.03. The average Bonchev–Trinajstić information content (AvgIpc) is 3.27. The van der Waals surface area contributed by atoms with Gasteiger partial charge in [-0.2, -0.15) is 0 Å². The summed E-state index contributed by atoms with van der Waals surface area (Å²) in [5.41, 5.74) is 1.05. The SMILES string of the molecule is CCNC(=NCc1sc(C)nc1C)NCCNC(=O)C1CC1.I. The van der Waals surface area contributed by atoms with Crippen LogP contribution in [0.1, 0.15) is 35.3 Å². The van der Waals surface area contributed by atoms with Crippen LogP contribution in [0.25, 0.3) is 0 Å². The fourth-order valence-corrected chi connectivity index (χ4v) is 2.93. The predicted octanol–water partition coefficient (Wildman–Crippen LogP) is 1.96. The number of thiazole rings is 1. The summed E-state index contributed by atoms with van der Waals surface area (Å²) < 4.78 is 0. The minimum Gasteiger partial charge on any atom is -0.357 e. The maximum Gasteiger partial charge on any atom is 0.223 e. The van der Waals surface area contributed by atoms with Crippen LogP contribution in [-0.4, -0.2) is 36.5 Å². The lowest BCUT2D eigenvalue weighted by Gasteiger charge is -2.11. The molecule has 0 spiro atoms. The molecule has 3 N–H and O–H groups in total. The van der Waals surface area contributed by atoms with Crippen molar-refractivity contribution < 1.29 is 4.79 Å². The Morgan fingerprint density at radius 1 is 1.26 bits per heavy atom. The summed E-state index contributed by atoms with van der Waals surface area (Å²) in [6.45, 7) is 8.79. The molecule has 0 aromatic carbocycles. The van der Waals surface area contributed by atoms with E-state index in [2.05, 4.69) is 25.9 Å². The lowest BCUT2D eigenvalue weighted by Crippen LogP contribution is -2.41. The first-order valence-electron chi connectivity index (χ1n) is 7.83. The fourth-order valence-electron chi connectivity index (χ4n) is 2.07. The van der Waals surface area contributed by atoms with Gasteiger partial charge in [0.05, 0.1) is 17.2 Å². The van der Waals surface area contributed by atoms with E-state index >= 15 is 0 Å². The molecule has 6 nitrogen and oxygen atoms in total. The largest absolute Gasteiger partial charge is 0.357 e. The van der Waals surface area contributed by atoms with Gasteiger partial charge in [0.2, 0.25) is 5.91 Å². The smallest absolute Gasteiger partial charge is 0.223 e. The third-order valence-electron chi connectivity index (χ3n) is 3.39. The van der Waals surface area contributed by atoms with Crippen molar-refractivity contribution in [1.82, 2.24) is 20.9 Å². The second-order valence-corrected chi connectivity index (χ2v) is 6.72. The van der Waals surface area contributed by atoms with E-state index in [9.17, 15) is 4.79 Å². The summed E-state index contributed by atoms with van der Waals surface area (Å²) in [7, 11) is 0. The second kappa shape index (κ2) is 10.1. The van der Waals surface area contributed by atoms with E-state index in [1.165, 1.54) is 4.88 Å². The molecule has 1 aliphatic rings. The second-order valence-electron chi connectivity index (χ2n) is 5.43. The number of nitrogens with one attached hydrogen (secondary N) is 3. The van der Waals surface area contributed by atoms with Crippen LogP contribution in [0, 0.1) is 19.8 Å². The van der Waals surface area contributed by atoms with Crippen LogP contribution in [0.3, 0.4) is 0 Å². The number of aryl methyl sites for hydroxylation is 2. The zero-order chi connectivity index (χ0) is 15.9. The molecular formula is C15H26IN5OS. The van der Waals surface area contributed by atoms with Gasteiger partial charge in [-0.1, -0.05) is 0 Å². The minimum atomic E-state index is 0. The Morgan fingerprint density at radius 2 is 1.96 bits per heavy atom. The van der Waals surface area contributed by atoms with Crippen molar-refractivity contribution in [3.63, 3.8) is 0 Å². The highest BCUT2D eigenvalue weighted by atomic mass is 127. The molecule has 1 fully saturated rings. The molecule has 2 rings (SSSR count). The zero-order valence-corrected chi connectivity index (χ0v) is 17.1. The Hall–Kier alpha value is -0.900. The number of rotatable bonds is 7. The van der Waals surface area contributed by atoms with Crippen molar-refractivity contribution in [2.24, 2.45) is 10.9 Å². The molecule has 1 saturated carbocycles. The van der Waals surface area contributed by atoms with E-state index in [-0.39, 0.29) is 35.8 Å². The number of guanidine groups is 1. The van der Waals surface area contributed by atoms with Gasteiger partial charge < -0.3 is 16.0 Å². The number of amides is 1. The zero-order valence-electron chi connectivity index (χ0n) is 13.9. The molecule has 1 aliphatic carbocycles. The van der Waals surface area contributed by atoms with Crippen molar-refractivity contribution in [1.29, 1.82) is 0 Å². The molecule has 0 aliphatic heterocycles. The van der Waals surface area contributed by atoms with Crippen LogP contribution < -0.4 is 16.0 Å². The summed E-state index contributed by atoms with van der Waals surface area (Å²) in [4.78, 5) is 21.7. The Balaban J connectivity index is 0.00000264. The number of aliphatic imine (C=N–C) groups is 1.